The molecule has 4 rings (SSSR count). The predicted octanol–water partition coefficient (Wildman–Crippen LogP) is 4.10. The lowest BCUT2D eigenvalue weighted by atomic mass is 10.0. The number of H-pyrrole nitrogens is 1. The maximum absolute atomic E-state index is 12.6. The van der Waals surface area contributed by atoms with Gasteiger partial charge in [0.1, 0.15) is 11.6 Å². The number of carboxylic acids is 1. The number of benzene rings is 2. The molecule has 35 heavy (non-hydrogen) atoms. The molecule has 0 saturated carbocycles. The van der Waals surface area contributed by atoms with Gasteiger partial charge in [0, 0.05) is 60.1 Å². The molecule has 3 N–H and O–H groups in total. The van der Waals surface area contributed by atoms with Crippen LogP contribution in [0.25, 0.3) is 10.9 Å². The van der Waals surface area contributed by atoms with E-state index in [9.17, 15) is 19.5 Å². The number of aliphatic carboxylic acids is 1. The van der Waals surface area contributed by atoms with Gasteiger partial charge in [0.15, 0.2) is 0 Å². The zero-order chi connectivity index (χ0) is 25.2. The molecule has 9 nitrogen and oxygen atoms in total. The molecule has 184 valence electrons. The average Bonchev–Trinajstić information content (AvgIpc) is 3.22. The van der Waals surface area contributed by atoms with Gasteiger partial charge < -0.3 is 25.0 Å². The van der Waals surface area contributed by atoms with Crippen molar-refractivity contribution in [3.63, 3.8) is 0 Å². The standard InChI is InChI=1S/C26H30N4O5/c1-26(2,3)35-25(34)30-13-11-29(12-14-30)22(24(32)33)20-16-27-21-10-9-18(15-19(20)21)28-23(31)17-7-5-4-6-8-17/h4-10,15-16,22,27H,11-14H2,1-3H3,(H,28,31)(H,32,33)/t22-/m1/s1. The number of fused-ring (bicyclic) bond motifs is 1. The number of hydrogen-bond donors (Lipinski definition) is 3. The number of anilines is 1. The molecule has 1 saturated heterocycles. The normalized spacial score (nSPS) is 15.6. The van der Waals surface area contributed by atoms with E-state index >= 15 is 0 Å². The van der Waals surface area contributed by atoms with Gasteiger partial charge in [0.2, 0.25) is 0 Å². The molecule has 2 amide bonds. The number of aromatic nitrogens is 1. The predicted molar refractivity (Wildman–Crippen MR) is 132 cm³/mol. The lowest BCUT2D eigenvalue weighted by molar-refractivity contribution is -0.144. The van der Waals surface area contributed by atoms with Crippen LogP contribution < -0.4 is 5.32 Å². The van der Waals surface area contributed by atoms with E-state index in [2.05, 4.69) is 10.3 Å². The first kappa shape index (κ1) is 24.3. The molecule has 1 aliphatic heterocycles. The molecule has 3 aromatic rings. The van der Waals surface area contributed by atoms with Gasteiger partial charge in [-0.1, -0.05) is 18.2 Å². The van der Waals surface area contributed by atoms with Crippen molar-refractivity contribution in [2.24, 2.45) is 0 Å². The van der Waals surface area contributed by atoms with Crippen molar-refractivity contribution in [1.29, 1.82) is 0 Å². The third-order valence-electron chi connectivity index (χ3n) is 5.87. The summed E-state index contributed by atoms with van der Waals surface area (Å²) in [6.07, 6.45) is 1.31. The average molecular weight is 479 g/mol. The number of hydrogen-bond acceptors (Lipinski definition) is 5. The molecule has 0 unspecified atom stereocenters. The van der Waals surface area contributed by atoms with Crippen LogP contribution in [0.4, 0.5) is 10.5 Å². The molecule has 0 bridgehead atoms. The van der Waals surface area contributed by atoms with Crippen LogP contribution in [0.3, 0.4) is 0 Å². The number of carboxylic acid groups (broad SMARTS) is 1. The minimum absolute atomic E-state index is 0.241. The topological polar surface area (TPSA) is 115 Å². The highest BCUT2D eigenvalue weighted by atomic mass is 16.6. The number of carbonyl (C=O) groups excluding carboxylic acids is 2. The van der Waals surface area contributed by atoms with Crippen LogP contribution in [0.2, 0.25) is 0 Å². The Labute approximate surface area is 203 Å². The Hall–Kier alpha value is -3.85. The lowest BCUT2D eigenvalue weighted by Gasteiger charge is -2.38. The number of ether oxygens (including phenoxy) is 1. The van der Waals surface area contributed by atoms with Crippen molar-refractivity contribution in [3.8, 4) is 0 Å². The van der Waals surface area contributed by atoms with Gasteiger partial charge in [0.25, 0.3) is 5.91 Å². The quantitative estimate of drug-likeness (QED) is 0.509. The van der Waals surface area contributed by atoms with E-state index in [-0.39, 0.29) is 5.91 Å². The minimum atomic E-state index is -0.977. The van der Waals surface area contributed by atoms with Crippen LogP contribution in [0.1, 0.15) is 42.7 Å². The molecule has 1 fully saturated rings. The van der Waals surface area contributed by atoms with E-state index in [1.54, 1.807) is 47.5 Å². The van der Waals surface area contributed by atoms with Gasteiger partial charge in [-0.25, -0.2) is 4.79 Å². The number of rotatable bonds is 5. The summed E-state index contributed by atoms with van der Waals surface area (Å²) in [5.74, 6) is -1.22. The molecule has 0 spiro atoms. The molecule has 1 atom stereocenters. The summed E-state index contributed by atoms with van der Waals surface area (Å²) in [5, 5.41) is 13.7. The number of nitrogens with one attached hydrogen (secondary N) is 2. The van der Waals surface area contributed by atoms with Crippen molar-refractivity contribution < 1.29 is 24.2 Å². The Morgan fingerprint density at radius 1 is 1.03 bits per heavy atom. The van der Waals surface area contributed by atoms with Gasteiger partial charge in [-0.15, -0.1) is 0 Å². The van der Waals surface area contributed by atoms with Crippen LogP contribution in [0, 0.1) is 0 Å². The fourth-order valence-electron chi connectivity index (χ4n) is 4.21. The van der Waals surface area contributed by atoms with Gasteiger partial charge in [0.05, 0.1) is 0 Å². The number of carbonyl (C=O) groups is 3. The third kappa shape index (κ3) is 5.63. The van der Waals surface area contributed by atoms with Gasteiger partial charge in [-0.05, 0) is 51.1 Å². The van der Waals surface area contributed by atoms with Crippen LogP contribution in [0.5, 0.6) is 0 Å². The Balaban J connectivity index is 1.52. The molecule has 0 aliphatic carbocycles. The Bertz CT molecular complexity index is 1220. The minimum Gasteiger partial charge on any atom is -0.480 e. The van der Waals surface area contributed by atoms with E-state index in [4.69, 9.17) is 4.74 Å². The Morgan fingerprint density at radius 3 is 2.34 bits per heavy atom. The first-order valence-electron chi connectivity index (χ1n) is 11.5. The number of aromatic amines is 1. The van der Waals surface area contributed by atoms with Crippen molar-refractivity contribution in [2.45, 2.75) is 32.4 Å². The highest BCUT2D eigenvalue weighted by Gasteiger charge is 2.34. The lowest BCUT2D eigenvalue weighted by Crippen LogP contribution is -2.51. The zero-order valence-corrected chi connectivity index (χ0v) is 20.1. The van der Waals surface area contributed by atoms with Crippen molar-refractivity contribution >= 4 is 34.6 Å². The molecule has 1 aromatic heterocycles. The maximum atomic E-state index is 12.6. The first-order valence-corrected chi connectivity index (χ1v) is 11.5. The molecular weight excluding hydrogens is 448 g/mol. The second-order valence-corrected chi connectivity index (χ2v) is 9.57. The number of amides is 2. The summed E-state index contributed by atoms with van der Waals surface area (Å²) in [7, 11) is 0. The fraction of sp³-hybridized carbons (Fsp3) is 0.346. The molecule has 1 aliphatic rings. The van der Waals surface area contributed by atoms with Crippen LogP contribution in [-0.4, -0.2) is 69.6 Å². The van der Waals surface area contributed by atoms with Crippen LogP contribution in [0.15, 0.2) is 54.7 Å². The SMILES string of the molecule is CC(C)(C)OC(=O)N1CCN([C@@H](C(=O)O)c2c[nH]c3ccc(NC(=O)c4ccccc4)cc23)CC1. The molecule has 9 heteroatoms. The van der Waals surface area contributed by atoms with Crippen molar-refractivity contribution in [2.75, 3.05) is 31.5 Å². The summed E-state index contributed by atoms with van der Waals surface area (Å²) in [4.78, 5) is 43.9. The summed E-state index contributed by atoms with van der Waals surface area (Å²) in [6.45, 7) is 6.99. The second-order valence-electron chi connectivity index (χ2n) is 9.57. The van der Waals surface area contributed by atoms with E-state index in [0.29, 0.717) is 43.0 Å². The largest absolute Gasteiger partial charge is 0.480 e. The first-order chi connectivity index (χ1) is 16.6. The summed E-state index contributed by atoms with van der Waals surface area (Å²) in [6, 6.07) is 13.4. The van der Waals surface area contributed by atoms with Crippen LogP contribution in [-0.2, 0) is 9.53 Å². The van der Waals surface area contributed by atoms with E-state index in [1.807, 2.05) is 37.8 Å². The molecule has 2 aromatic carbocycles. The molecular formula is C26H30N4O5. The number of piperazine rings is 1. The van der Waals surface area contributed by atoms with E-state index in [0.717, 1.165) is 10.9 Å². The summed E-state index contributed by atoms with van der Waals surface area (Å²) in [5.41, 5.74) is 1.90. The van der Waals surface area contributed by atoms with E-state index < -0.39 is 23.7 Å². The summed E-state index contributed by atoms with van der Waals surface area (Å²) < 4.78 is 5.44. The van der Waals surface area contributed by atoms with E-state index in [1.165, 1.54) is 0 Å². The zero-order valence-electron chi connectivity index (χ0n) is 20.1. The monoisotopic (exact) mass is 478 g/mol. The van der Waals surface area contributed by atoms with Gasteiger partial charge in [-0.3, -0.25) is 14.5 Å². The van der Waals surface area contributed by atoms with Gasteiger partial charge in [-0.2, -0.15) is 0 Å². The second kappa shape index (κ2) is 9.79. The Morgan fingerprint density at radius 2 is 1.71 bits per heavy atom. The molecule has 2 heterocycles. The Kier molecular flexibility index (Phi) is 6.79. The fourth-order valence-corrected chi connectivity index (χ4v) is 4.21. The maximum Gasteiger partial charge on any atom is 0.410 e. The smallest absolute Gasteiger partial charge is 0.410 e. The summed E-state index contributed by atoms with van der Waals surface area (Å²) >= 11 is 0. The van der Waals surface area contributed by atoms with Crippen molar-refractivity contribution in [1.82, 2.24) is 14.8 Å². The highest BCUT2D eigenvalue weighted by Crippen LogP contribution is 2.31. The van der Waals surface area contributed by atoms with Crippen molar-refractivity contribution in [3.05, 3.63) is 65.9 Å². The highest BCUT2D eigenvalue weighted by molar-refractivity contribution is 6.05. The van der Waals surface area contributed by atoms with Crippen LogP contribution >= 0.6 is 0 Å². The third-order valence-corrected chi connectivity index (χ3v) is 5.87. The molecule has 0 radical (unpaired) electrons. The van der Waals surface area contributed by atoms with Gasteiger partial charge >= 0.3 is 12.1 Å². The number of nitrogens with zero attached hydrogens (tertiary/aromatic N) is 2.